The van der Waals surface area contributed by atoms with Crippen molar-refractivity contribution in [1.29, 1.82) is 0 Å². The molecule has 2 heteroatoms. The fraction of sp³-hybridized carbons (Fsp3) is 0.0141. The molecule has 0 saturated carbocycles. The van der Waals surface area contributed by atoms with Gasteiger partial charge < -0.3 is 0 Å². The van der Waals surface area contributed by atoms with E-state index in [1.54, 1.807) is 0 Å². The molecule has 0 atom stereocenters. The second-order valence-corrected chi connectivity index (χ2v) is 19.2. The smallest absolute Gasteiger partial charge is 0.160 e. The molecule has 340 valence electrons. The van der Waals surface area contributed by atoms with E-state index in [1.165, 1.54) is 50.1 Å². The molecule has 2 nitrogen and oxygen atoms in total. The largest absolute Gasteiger partial charge is 0.228 e. The molecule has 2 aliphatic rings. The van der Waals surface area contributed by atoms with E-state index in [-0.39, 0.29) is 0 Å². The molecule has 1 aromatic heterocycles. The molecule has 0 fully saturated rings. The summed E-state index contributed by atoms with van der Waals surface area (Å²) in [5.74, 6) is 0.661. The minimum Gasteiger partial charge on any atom is -0.228 e. The van der Waals surface area contributed by atoms with Crippen molar-refractivity contribution < 1.29 is 0 Å². The number of rotatable bonds is 8. The lowest BCUT2D eigenvalue weighted by Gasteiger charge is -2.30. The van der Waals surface area contributed by atoms with Crippen molar-refractivity contribution in [2.45, 2.75) is 5.41 Å². The van der Waals surface area contributed by atoms with Crippen molar-refractivity contribution in [3.63, 3.8) is 0 Å². The summed E-state index contributed by atoms with van der Waals surface area (Å²) in [6.07, 6.45) is 0. The van der Waals surface area contributed by atoms with Gasteiger partial charge in [0, 0.05) is 16.7 Å². The van der Waals surface area contributed by atoms with Gasteiger partial charge in [0.1, 0.15) is 0 Å². The van der Waals surface area contributed by atoms with E-state index >= 15 is 0 Å². The second kappa shape index (κ2) is 17.4. The van der Waals surface area contributed by atoms with Gasteiger partial charge in [-0.2, -0.15) is 0 Å². The van der Waals surface area contributed by atoms with Crippen LogP contribution in [0.5, 0.6) is 0 Å². The fourth-order valence-electron chi connectivity index (χ4n) is 11.8. The number of aromatic nitrogens is 2. The quantitative estimate of drug-likeness (QED) is 0.152. The first kappa shape index (κ1) is 42.4. The SMILES string of the molecule is c1ccc(-c2cc(-c3ccccc3)cc(-c3cc(-c4cccc(-c5cccc6c5-c5ccccc5C65c6ccccc6-c6ccccc65)c4)nc(-c4cc(-c5ccccc5)cc(-c5ccccc5)c4)n3)c2)cc1. The van der Waals surface area contributed by atoms with Gasteiger partial charge in [0.2, 0.25) is 0 Å². The van der Waals surface area contributed by atoms with Crippen LogP contribution in [0.25, 0.3) is 112 Å². The molecule has 0 amide bonds. The maximum atomic E-state index is 5.57. The predicted molar refractivity (Wildman–Crippen MR) is 302 cm³/mol. The van der Waals surface area contributed by atoms with E-state index < -0.39 is 5.41 Å². The Morgan fingerprint density at radius 3 is 1.04 bits per heavy atom. The van der Waals surface area contributed by atoms with Gasteiger partial charge >= 0.3 is 0 Å². The summed E-state index contributed by atoms with van der Waals surface area (Å²) in [6, 6.07) is 101. The predicted octanol–water partition coefficient (Wildman–Crippen LogP) is 18.2. The first-order valence-electron chi connectivity index (χ1n) is 25.1. The van der Waals surface area contributed by atoms with Gasteiger partial charge in [0.25, 0.3) is 0 Å². The Kier molecular flexibility index (Phi) is 10.1. The molecule has 12 aromatic rings. The van der Waals surface area contributed by atoms with Crippen molar-refractivity contribution in [1.82, 2.24) is 9.97 Å². The van der Waals surface area contributed by atoms with E-state index in [0.717, 1.165) is 78.1 Å². The summed E-state index contributed by atoms with van der Waals surface area (Å²) in [7, 11) is 0. The molecule has 2 aliphatic carbocycles. The molecule has 0 bridgehead atoms. The molecule has 1 heterocycles. The first-order chi connectivity index (χ1) is 36.2. The third-order valence-electron chi connectivity index (χ3n) is 15.1. The van der Waals surface area contributed by atoms with Crippen molar-refractivity contribution >= 4 is 0 Å². The second-order valence-electron chi connectivity index (χ2n) is 19.2. The molecule has 0 unspecified atom stereocenters. The zero-order valence-electron chi connectivity index (χ0n) is 40.0. The highest BCUT2D eigenvalue weighted by molar-refractivity contribution is 6.00. The zero-order chi connectivity index (χ0) is 48.3. The molecular formula is C71H46N2. The van der Waals surface area contributed by atoms with Crippen LogP contribution < -0.4 is 0 Å². The van der Waals surface area contributed by atoms with E-state index in [1.807, 2.05) is 0 Å². The molecular weight excluding hydrogens is 881 g/mol. The van der Waals surface area contributed by atoms with Crippen molar-refractivity contribution in [2.24, 2.45) is 0 Å². The molecule has 0 aliphatic heterocycles. The lowest BCUT2D eigenvalue weighted by atomic mass is 9.70. The van der Waals surface area contributed by atoms with Gasteiger partial charge in [-0.15, -0.1) is 0 Å². The molecule has 0 N–H and O–H groups in total. The summed E-state index contributed by atoms with van der Waals surface area (Å²) in [4.78, 5) is 11.1. The van der Waals surface area contributed by atoms with E-state index in [2.05, 4.69) is 279 Å². The number of hydrogen-bond donors (Lipinski definition) is 0. The van der Waals surface area contributed by atoms with E-state index in [9.17, 15) is 0 Å². The third-order valence-corrected chi connectivity index (χ3v) is 15.1. The van der Waals surface area contributed by atoms with E-state index in [0.29, 0.717) is 5.82 Å². The lowest BCUT2D eigenvalue weighted by Crippen LogP contribution is -2.25. The average molecular weight is 927 g/mol. The number of nitrogens with zero attached hydrogens (tertiary/aromatic N) is 2. The maximum Gasteiger partial charge on any atom is 0.160 e. The average Bonchev–Trinajstić information content (AvgIpc) is 4.06. The molecule has 14 rings (SSSR count). The Morgan fingerprint density at radius 1 is 0.205 bits per heavy atom. The fourth-order valence-corrected chi connectivity index (χ4v) is 11.8. The number of fused-ring (bicyclic) bond motifs is 10. The highest BCUT2D eigenvalue weighted by Gasteiger charge is 2.52. The number of benzene rings is 11. The van der Waals surface area contributed by atoms with Crippen LogP contribution in [0.15, 0.2) is 279 Å². The Hall–Kier alpha value is -9.50. The molecule has 11 aromatic carbocycles. The number of hydrogen-bond acceptors (Lipinski definition) is 2. The lowest BCUT2D eigenvalue weighted by molar-refractivity contribution is 0.794. The summed E-state index contributed by atoms with van der Waals surface area (Å²) < 4.78 is 0. The topological polar surface area (TPSA) is 25.8 Å². The van der Waals surface area contributed by atoms with Crippen LogP contribution in [0, 0.1) is 0 Å². The van der Waals surface area contributed by atoms with Crippen LogP contribution in [0.3, 0.4) is 0 Å². The highest BCUT2D eigenvalue weighted by Crippen LogP contribution is 2.64. The van der Waals surface area contributed by atoms with E-state index in [4.69, 9.17) is 9.97 Å². The highest BCUT2D eigenvalue weighted by atomic mass is 14.9. The third kappa shape index (κ3) is 7.10. The summed E-state index contributed by atoms with van der Waals surface area (Å²) in [5, 5.41) is 0. The normalized spacial score (nSPS) is 12.5. The van der Waals surface area contributed by atoms with Gasteiger partial charge in [-0.05, 0) is 149 Å². The minimum absolute atomic E-state index is 0.428. The molecule has 0 radical (unpaired) electrons. The monoisotopic (exact) mass is 926 g/mol. The van der Waals surface area contributed by atoms with Gasteiger partial charge in [-0.25, -0.2) is 9.97 Å². The van der Waals surface area contributed by atoms with Gasteiger partial charge in [-0.1, -0.05) is 231 Å². The summed E-state index contributed by atoms with van der Waals surface area (Å²) in [6.45, 7) is 0. The maximum absolute atomic E-state index is 5.57. The van der Waals surface area contributed by atoms with Crippen molar-refractivity contribution in [3.05, 3.63) is 301 Å². The van der Waals surface area contributed by atoms with Gasteiger partial charge in [0.05, 0.1) is 16.8 Å². The Morgan fingerprint density at radius 2 is 0.534 bits per heavy atom. The summed E-state index contributed by atoms with van der Waals surface area (Å²) in [5.41, 5.74) is 26.1. The van der Waals surface area contributed by atoms with Crippen LogP contribution >= 0.6 is 0 Å². The molecule has 73 heavy (non-hydrogen) atoms. The summed E-state index contributed by atoms with van der Waals surface area (Å²) >= 11 is 0. The van der Waals surface area contributed by atoms with Crippen LogP contribution in [-0.4, -0.2) is 9.97 Å². The Bertz CT molecular complexity index is 3760. The van der Waals surface area contributed by atoms with Crippen molar-refractivity contribution in [3.8, 4) is 112 Å². The van der Waals surface area contributed by atoms with Crippen LogP contribution in [0.4, 0.5) is 0 Å². The van der Waals surface area contributed by atoms with Crippen LogP contribution in [0.1, 0.15) is 22.3 Å². The molecule has 0 saturated heterocycles. The van der Waals surface area contributed by atoms with Gasteiger partial charge in [-0.3, -0.25) is 0 Å². The zero-order valence-corrected chi connectivity index (χ0v) is 40.0. The Labute approximate surface area is 426 Å². The molecule has 1 spiro atoms. The van der Waals surface area contributed by atoms with Gasteiger partial charge in [0.15, 0.2) is 5.82 Å². The van der Waals surface area contributed by atoms with Crippen LogP contribution in [0.2, 0.25) is 0 Å². The van der Waals surface area contributed by atoms with Crippen molar-refractivity contribution in [2.75, 3.05) is 0 Å². The Balaban J connectivity index is 0.985. The standard InChI is InChI=1S/C71H46N2/c1-5-21-47(22-6-1)53-40-54(48-23-7-2-8-24-48)43-57(42-53)68-46-67(72-70(73-68)58-44-55(49-25-9-3-10-26-49)41-56(45-58)50-27-11-4-12-28-50)52-30-19-29-51(39-52)59-34-20-38-66-69(59)62-33-15-18-37-65(62)71(66)63-35-16-13-31-60(63)61-32-14-17-36-64(61)71/h1-46H. The minimum atomic E-state index is -0.428. The van der Waals surface area contributed by atoms with Crippen LogP contribution in [-0.2, 0) is 5.41 Å². The first-order valence-corrected chi connectivity index (χ1v) is 25.1.